The van der Waals surface area contributed by atoms with Crippen LogP contribution in [0.1, 0.15) is 24.8 Å². The zero-order valence-electron chi connectivity index (χ0n) is 12.0. The van der Waals surface area contributed by atoms with E-state index >= 15 is 0 Å². The van der Waals surface area contributed by atoms with Gasteiger partial charge in [-0.25, -0.2) is 0 Å². The second kappa shape index (κ2) is 6.61. The third kappa shape index (κ3) is 3.65. The first-order chi connectivity index (χ1) is 10.2. The third-order valence-corrected chi connectivity index (χ3v) is 5.51. The Bertz CT molecular complexity index is 640. The Balaban J connectivity index is 1.58. The van der Waals surface area contributed by atoms with Gasteiger partial charge in [-0.1, -0.05) is 64.8 Å². The van der Waals surface area contributed by atoms with Gasteiger partial charge in [-0.15, -0.1) is 0 Å². The van der Waals surface area contributed by atoms with Gasteiger partial charge in [-0.3, -0.25) is 4.79 Å². The van der Waals surface area contributed by atoms with E-state index in [-0.39, 0.29) is 5.91 Å². The van der Waals surface area contributed by atoms with Crippen LogP contribution in [0.15, 0.2) is 42.5 Å². The van der Waals surface area contributed by atoms with Gasteiger partial charge < -0.3 is 5.32 Å². The summed E-state index contributed by atoms with van der Waals surface area (Å²) in [5.41, 5.74) is 1.08. The lowest BCUT2D eigenvalue weighted by molar-refractivity contribution is -0.120. The summed E-state index contributed by atoms with van der Waals surface area (Å²) in [6.45, 7) is 0.794. The first kappa shape index (κ1) is 14.6. The van der Waals surface area contributed by atoms with E-state index in [0.29, 0.717) is 17.2 Å². The van der Waals surface area contributed by atoms with E-state index in [1.165, 1.54) is 30.0 Å². The molecule has 0 radical (unpaired) electrons. The first-order valence-electron chi connectivity index (χ1n) is 7.61. The number of hydrogen-bond donors (Lipinski definition) is 1. The fourth-order valence-corrected chi connectivity index (χ4v) is 3.84. The summed E-state index contributed by atoms with van der Waals surface area (Å²) in [5.74, 6) is 0.711. The molecule has 1 amide bonds. The van der Waals surface area contributed by atoms with Crippen LogP contribution in [-0.2, 0) is 11.2 Å². The molecule has 0 bridgehead atoms. The van der Waals surface area contributed by atoms with E-state index in [1.54, 1.807) is 0 Å². The number of fused-ring (bicyclic) bond motifs is 1. The smallest absolute Gasteiger partial charge is 0.224 e. The lowest BCUT2D eigenvalue weighted by atomic mass is 10.0. The Hall–Kier alpha value is -1.35. The van der Waals surface area contributed by atoms with Gasteiger partial charge in [0.15, 0.2) is 0 Å². The molecule has 1 saturated carbocycles. The third-order valence-electron chi connectivity index (χ3n) is 4.31. The van der Waals surface area contributed by atoms with Crippen molar-refractivity contribution in [3.8, 4) is 0 Å². The molecule has 1 aliphatic carbocycles. The molecule has 1 N–H and O–H groups in total. The molecular formula is C18H20BrNO. The Morgan fingerprint density at radius 3 is 2.71 bits per heavy atom. The molecule has 3 rings (SSSR count). The number of carbonyl (C=O) groups is 1. The molecule has 1 fully saturated rings. The van der Waals surface area contributed by atoms with Gasteiger partial charge >= 0.3 is 0 Å². The molecule has 0 aliphatic heterocycles. The standard InChI is InChI=1S/C18H20BrNO/c19-17-7-3-6-16(17)12-20-18(21)11-13-8-9-14-4-1-2-5-15(14)10-13/h1-2,4-5,8-10,16-17H,3,6-7,11-12H2,(H,20,21). The van der Waals surface area contributed by atoms with Gasteiger partial charge in [-0.2, -0.15) is 0 Å². The molecular weight excluding hydrogens is 326 g/mol. The number of alkyl halides is 1. The van der Waals surface area contributed by atoms with Gasteiger partial charge in [-0.05, 0) is 35.1 Å². The van der Waals surface area contributed by atoms with Gasteiger partial charge in [0.2, 0.25) is 5.91 Å². The number of rotatable bonds is 4. The Kier molecular flexibility index (Phi) is 4.59. The van der Waals surface area contributed by atoms with Crippen LogP contribution < -0.4 is 5.32 Å². The summed E-state index contributed by atoms with van der Waals surface area (Å²) in [4.78, 5) is 12.7. The molecule has 110 valence electrons. The van der Waals surface area contributed by atoms with Crippen molar-refractivity contribution in [3.05, 3.63) is 48.0 Å². The van der Waals surface area contributed by atoms with Gasteiger partial charge in [0.05, 0.1) is 6.42 Å². The van der Waals surface area contributed by atoms with E-state index in [4.69, 9.17) is 0 Å². The van der Waals surface area contributed by atoms with E-state index in [0.717, 1.165) is 12.1 Å². The normalized spacial score (nSPS) is 21.6. The maximum atomic E-state index is 12.1. The van der Waals surface area contributed by atoms with Crippen LogP contribution in [0.5, 0.6) is 0 Å². The number of hydrogen-bond acceptors (Lipinski definition) is 1. The molecule has 3 heteroatoms. The van der Waals surface area contributed by atoms with Crippen molar-refractivity contribution in [1.29, 1.82) is 0 Å². The van der Waals surface area contributed by atoms with Crippen molar-refractivity contribution in [2.24, 2.45) is 5.92 Å². The van der Waals surface area contributed by atoms with Crippen LogP contribution in [0.3, 0.4) is 0 Å². The predicted octanol–water partition coefficient (Wildman–Crippen LogP) is 4.06. The molecule has 2 aromatic carbocycles. The summed E-state index contributed by atoms with van der Waals surface area (Å²) in [6, 6.07) is 14.5. The second-order valence-corrected chi connectivity index (χ2v) is 7.05. The highest BCUT2D eigenvalue weighted by Crippen LogP contribution is 2.30. The highest BCUT2D eigenvalue weighted by Gasteiger charge is 2.24. The average molecular weight is 346 g/mol. The largest absolute Gasteiger partial charge is 0.355 e. The minimum Gasteiger partial charge on any atom is -0.355 e. The van der Waals surface area contributed by atoms with Crippen molar-refractivity contribution < 1.29 is 4.79 Å². The first-order valence-corrected chi connectivity index (χ1v) is 8.52. The Morgan fingerprint density at radius 2 is 1.95 bits per heavy atom. The minimum atomic E-state index is 0.122. The fourth-order valence-electron chi connectivity index (χ4n) is 3.06. The average Bonchev–Trinajstić information content (AvgIpc) is 2.90. The van der Waals surface area contributed by atoms with Gasteiger partial charge in [0, 0.05) is 11.4 Å². The van der Waals surface area contributed by atoms with Crippen LogP contribution >= 0.6 is 15.9 Å². The van der Waals surface area contributed by atoms with Gasteiger partial charge in [0.1, 0.15) is 0 Å². The summed E-state index contributed by atoms with van der Waals surface area (Å²) in [6.07, 6.45) is 4.17. The quantitative estimate of drug-likeness (QED) is 0.831. The van der Waals surface area contributed by atoms with Crippen molar-refractivity contribution >= 4 is 32.6 Å². The number of nitrogens with one attached hydrogen (secondary N) is 1. The number of halogens is 1. The van der Waals surface area contributed by atoms with Crippen molar-refractivity contribution in [3.63, 3.8) is 0 Å². The molecule has 2 nitrogen and oxygen atoms in total. The summed E-state index contributed by atoms with van der Waals surface area (Å²) in [7, 11) is 0. The van der Waals surface area contributed by atoms with Crippen molar-refractivity contribution in [1.82, 2.24) is 5.32 Å². The SMILES string of the molecule is O=C(Cc1ccc2ccccc2c1)NCC1CCCC1Br. The summed E-state index contributed by atoms with van der Waals surface area (Å²) < 4.78 is 0. The van der Waals surface area contributed by atoms with E-state index in [9.17, 15) is 4.79 Å². The zero-order chi connectivity index (χ0) is 14.7. The molecule has 0 heterocycles. The van der Waals surface area contributed by atoms with E-state index in [1.807, 2.05) is 18.2 Å². The maximum Gasteiger partial charge on any atom is 0.224 e. The number of carbonyl (C=O) groups excluding carboxylic acids is 1. The maximum absolute atomic E-state index is 12.1. The van der Waals surface area contributed by atoms with Crippen LogP contribution in [0.2, 0.25) is 0 Å². The predicted molar refractivity (Wildman–Crippen MR) is 90.7 cm³/mol. The highest BCUT2D eigenvalue weighted by atomic mass is 79.9. The molecule has 0 aromatic heterocycles. The molecule has 1 aliphatic rings. The lowest BCUT2D eigenvalue weighted by Gasteiger charge is -2.14. The highest BCUT2D eigenvalue weighted by molar-refractivity contribution is 9.09. The minimum absolute atomic E-state index is 0.122. The Morgan fingerprint density at radius 1 is 1.14 bits per heavy atom. The van der Waals surface area contributed by atoms with Gasteiger partial charge in [0.25, 0.3) is 0 Å². The molecule has 2 aromatic rings. The Labute approximate surface area is 134 Å². The van der Waals surface area contributed by atoms with Crippen molar-refractivity contribution in [2.75, 3.05) is 6.54 Å². The zero-order valence-corrected chi connectivity index (χ0v) is 13.6. The summed E-state index contributed by atoms with van der Waals surface area (Å²) in [5, 5.41) is 5.49. The number of benzene rings is 2. The monoisotopic (exact) mass is 345 g/mol. The topological polar surface area (TPSA) is 29.1 Å². The fraction of sp³-hybridized carbons (Fsp3) is 0.389. The van der Waals surface area contributed by atoms with E-state index in [2.05, 4.69) is 45.5 Å². The molecule has 0 saturated heterocycles. The van der Waals surface area contributed by atoms with Crippen LogP contribution in [0.25, 0.3) is 10.8 Å². The molecule has 2 unspecified atom stereocenters. The lowest BCUT2D eigenvalue weighted by Crippen LogP contribution is -2.32. The van der Waals surface area contributed by atoms with Crippen molar-refractivity contribution in [2.45, 2.75) is 30.5 Å². The number of amides is 1. The molecule has 0 spiro atoms. The molecule has 21 heavy (non-hydrogen) atoms. The van der Waals surface area contributed by atoms with Crippen LogP contribution in [-0.4, -0.2) is 17.3 Å². The molecule has 2 atom stereocenters. The van der Waals surface area contributed by atoms with Crippen LogP contribution in [0.4, 0.5) is 0 Å². The second-order valence-electron chi connectivity index (χ2n) is 5.87. The van der Waals surface area contributed by atoms with E-state index < -0.39 is 0 Å². The summed E-state index contributed by atoms with van der Waals surface area (Å²) >= 11 is 3.70. The van der Waals surface area contributed by atoms with Crippen LogP contribution in [0, 0.1) is 5.92 Å².